The molecule has 2 aromatic carbocycles. The molecule has 0 atom stereocenters. The zero-order valence-corrected chi connectivity index (χ0v) is 20.1. The third-order valence-corrected chi connectivity index (χ3v) is 5.99. The highest BCUT2D eigenvalue weighted by molar-refractivity contribution is 6.04. The first-order chi connectivity index (χ1) is 16.9. The summed E-state index contributed by atoms with van der Waals surface area (Å²) in [7, 11) is 1.39. The van der Waals surface area contributed by atoms with Gasteiger partial charge in [0.05, 0.1) is 18.5 Å². The van der Waals surface area contributed by atoms with Crippen molar-refractivity contribution in [3.05, 3.63) is 107 Å². The van der Waals surface area contributed by atoms with Crippen LogP contribution in [0.3, 0.4) is 0 Å². The monoisotopic (exact) mass is 468 g/mol. The molecule has 1 amide bonds. The Balaban J connectivity index is 1.41. The lowest BCUT2D eigenvalue weighted by Crippen LogP contribution is -2.12. The molecule has 35 heavy (non-hydrogen) atoms. The number of aryl methyl sites for hydroxylation is 1. The molecule has 0 fully saturated rings. The minimum Gasteiger partial charge on any atom is -0.469 e. The van der Waals surface area contributed by atoms with Crippen molar-refractivity contribution >= 4 is 17.6 Å². The number of anilines is 1. The van der Waals surface area contributed by atoms with Gasteiger partial charge in [0.15, 0.2) is 0 Å². The normalized spacial score (nSPS) is 10.7. The van der Waals surface area contributed by atoms with Crippen LogP contribution in [0.4, 0.5) is 5.69 Å². The maximum absolute atomic E-state index is 12.8. The van der Waals surface area contributed by atoms with E-state index in [1.165, 1.54) is 12.7 Å². The second-order valence-corrected chi connectivity index (χ2v) is 8.37. The fourth-order valence-electron chi connectivity index (χ4n) is 4.02. The smallest absolute Gasteiger partial charge is 0.305 e. The van der Waals surface area contributed by atoms with Gasteiger partial charge in [0.1, 0.15) is 0 Å². The number of carbonyl (C=O) groups is 2. The van der Waals surface area contributed by atoms with E-state index in [1.54, 1.807) is 24.5 Å². The van der Waals surface area contributed by atoms with Crippen LogP contribution >= 0.6 is 0 Å². The van der Waals surface area contributed by atoms with E-state index in [9.17, 15) is 9.59 Å². The second kappa shape index (κ2) is 10.8. The molecule has 0 bridgehead atoms. The van der Waals surface area contributed by atoms with Crippen LogP contribution in [0.2, 0.25) is 0 Å². The Kier molecular flexibility index (Phi) is 7.35. The van der Waals surface area contributed by atoms with Gasteiger partial charge in [-0.25, -0.2) is 4.68 Å². The Bertz CT molecular complexity index is 1310. The maximum Gasteiger partial charge on any atom is 0.305 e. The van der Waals surface area contributed by atoms with Crippen molar-refractivity contribution in [2.75, 3.05) is 12.4 Å². The van der Waals surface area contributed by atoms with Crippen LogP contribution in [0.25, 0.3) is 5.69 Å². The summed E-state index contributed by atoms with van der Waals surface area (Å²) >= 11 is 0. The molecule has 178 valence electrons. The number of amides is 1. The lowest BCUT2D eigenvalue weighted by Gasteiger charge is -2.09. The molecule has 2 aromatic heterocycles. The second-order valence-electron chi connectivity index (χ2n) is 8.37. The summed E-state index contributed by atoms with van der Waals surface area (Å²) in [6.45, 7) is 3.91. The third-order valence-electron chi connectivity index (χ3n) is 5.99. The fourth-order valence-corrected chi connectivity index (χ4v) is 4.02. The maximum atomic E-state index is 12.8. The van der Waals surface area contributed by atoms with E-state index in [0.29, 0.717) is 18.4 Å². The highest BCUT2D eigenvalue weighted by Gasteiger charge is 2.15. The topological polar surface area (TPSA) is 86.1 Å². The largest absolute Gasteiger partial charge is 0.469 e. The number of hydrogen-bond acceptors (Lipinski definition) is 5. The lowest BCUT2D eigenvalue weighted by atomic mass is 10.1. The first kappa shape index (κ1) is 23.9. The molecule has 0 aliphatic carbocycles. The number of ether oxygens (including phenoxy) is 1. The van der Waals surface area contributed by atoms with Gasteiger partial charge in [0.2, 0.25) is 0 Å². The van der Waals surface area contributed by atoms with E-state index < -0.39 is 0 Å². The molecule has 7 heteroatoms. The van der Waals surface area contributed by atoms with Gasteiger partial charge in [-0.05, 0) is 91.9 Å². The minimum absolute atomic E-state index is 0.175. The number of pyridine rings is 1. The first-order valence-electron chi connectivity index (χ1n) is 11.5. The van der Waals surface area contributed by atoms with E-state index in [1.807, 2.05) is 67.1 Å². The number of rotatable bonds is 8. The van der Waals surface area contributed by atoms with Gasteiger partial charge in [0.25, 0.3) is 5.91 Å². The minimum atomic E-state index is -0.240. The lowest BCUT2D eigenvalue weighted by molar-refractivity contribution is -0.140. The number of nitrogens with zero attached hydrogens (tertiary/aromatic N) is 3. The fraction of sp³-hybridized carbons (Fsp3) is 0.214. The van der Waals surface area contributed by atoms with Gasteiger partial charge in [-0.2, -0.15) is 5.10 Å². The average molecular weight is 469 g/mol. The van der Waals surface area contributed by atoms with Crippen LogP contribution in [-0.2, 0) is 22.4 Å². The van der Waals surface area contributed by atoms with Gasteiger partial charge < -0.3 is 10.1 Å². The summed E-state index contributed by atoms with van der Waals surface area (Å²) < 4.78 is 6.58. The zero-order valence-electron chi connectivity index (χ0n) is 20.1. The predicted molar refractivity (Wildman–Crippen MR) is 135 cm³/mol. The molecule has 0 aliphatic heterocycles. The van der Waals surface area contributed by atoms with Crippen LogP contribution in [-0.4, -0.2) is 33.8 Å². The number of aromatic nitrogens is 3. The molecule has 2 heterocycles. The summed E-state index contributed by atoms with van der Waals surface area (Å²) in [5, 5.41) is 7.58. The van der Waals surface area contributed by atoms with E-state index in [4.69, 9.17) is 4.74 Å². The van der Waals surface area contributed by atoms with Gasteiger partial charge in [-0.1, -0.05) is 12.1 Å². The molecule has 0 unspecified atom stereocenters. The van der Waals surface area contributed by atoms with Gasteiger partial charge in [-0.3, -0.25) is 14.6 Å². The van der Waals surface area contributed by atoms with Gasteiger partial charge in [-0.15, -0.1) is 0 Å². The van der Waals surface area contributed by atoms with E-state index in [-0.39, 0.29) is 11.9 Å². The van der Waals surface area contributed by atoms with Crippen molar-refractivity contribution in [3.63, 3.8) is 0 Å². The number of carbonyl (C=O) groups excluding carboxylic acids is 2. The molecule has 1 N–H and O–H groups in total. The highest BCUT2D eigenvalue weighted by atomic mass is 16.5. The number of benzene rings is 2. The summed E-state index contributed by atoms with van der Waals surface area (Å²) in [5.41, 5.74) is 7.38. The Morgan fingerprint density at radius 2 is 1.57 bits per heavy atom. The van der Waals surface area contributed by atoms with Crippen LogP contribution in [0.1, 0.15) is 44.9 Å². The Morgan fingerprint density at radius 1 is 0.914 bits per heavy atom. The Hall–Kier alpha value is -4.26. The van der Waals surface area contributed by atoms with E-state index in [2.05, 4.69) is 15.4 Å². The quantitative estimate of drug-likeness (QED) is 0.374. The summed E-state index contributed by atoms with van der Waals surface area (Å²) in [6, 6.07) is 19.2. The van der Waals surface area contributed by atoms with Crippen molar-refractivity contribution in [3.8, 4) is 5.69 Å². The molecule has 0 radical (unpaired) electrons. The van der Waals surface area contributed by atoms with Crippen LogP contribution in [0, 0.1) is 13.8 Å². The number of nitrogens with one attached hydrogen (secondary N) is 1. The molecular formula is C28H28N4O3. The van der Waals surface area contributed by atoms with Crippen LogP contribution in [0.5, 0.6) is 0 Å². The SMILES string of the molecule is COC(=O)CCc1c(C)nn(-c2ccc(C(=O)Nc3ccc(Cc4ccncc4)cc3)cc2)c1C. The molecule has 0 saturated carbocycles. The van der Waals surface area contributed by atoms with Crippen molar-refractivity contribution < 1.29 is 14.3 Å². The molecule has 7 nitrogen and oxygen atoms in total. The number of hydrogen-bond donors (Lipinski definition) is 1. The highest BCUT2D eigenvalue weighted by Crippen LogP contribution is 2.21. The standard InChI is InChI=1S/C28H28N4O3/c1-19-26(12-13-27(33)35-3)20(2)32(31-19)25-10-6-23(7-11-25)28(34)30-24-8-4-21(5-9-24)18-22-14-16-29-17-15-22/h4-11,14-17H,12-13,18H2,1-3H3,(H,30,34). The Labute approximate surface area is 204 Å². The van der Waals surface area contributed by atoms with E-state index >= 15 is 0 Å². The average Bonchev–Trinajstić information content (AvgIpc) is 3.17. The summed E-state index contributed by atoms with van der Waals surface area (Å²) in [6.07, 6.45) is 5.27. The molecule has 0 spiro atoms. The van der Waals surface area contributed by atoms with Crippen molar-refractivity contribution in [2.24, 2.45) is 0 Å². The first-order valence-corrected chi connectivity index (χ1v) is 11.5. The summed E-state index contributed by atoms with van der Waals surface area (Å²) in [4.78, 5) is 28.3. The van der Waals surface area contributed by atoms with Crippen LogP contribution in [0.15, 0.2) is 73.1 Å². The predicted octanol–water partition coefficient (Wildman–Crippen LogP) is 4.83. The Morgan fingerprint density at radius 3 is 2.23 bits per heavy atom. The molecule has 0 aliphatic rings. The zero-order chi connectivity index (χ0) is 24.8. The van der Waals surface area contributed by atoms with Gasteiger partial charge >= 0.3 is 5.97 Å². The molecular weight excluding hydrogens is 440 g/mol. The number of esters is 1. The van der Waals surface area contributed by atoms with Crippen LogP contribution < -0.4 is 5.32 Å². The summed E-state index contributed by atoms with van der Waals surface area (Å²) in [5.74, 6) is -0.416. The third kappa shape index (κ3) is 5.81. The number of methoxy groups -OCH3 is 1. The molecule has 0 saturated heterocycles. The van der Waals surface area contributed by atoms with Crippen molar-refractivity contribution in [2.45, 2.75) is 33.1 Å². The van der Waals surface area contributed by atoms with Crippen molar-refractivity contribution in [1.82, 2.24) is 14.8 Å². The molecule has 4 aromatic rings. The van der Waals surface area contributed by atoms with Gasteiger partial charge in [0, 0.05) is 35.8 Å². The molecule has 4 rings (SSSR count). The van der Waals surface area contributed by atoms with Crippen molar-refractivity contribution in [1.29, 1.82) is 0 Å². The van der Waals surface area contributed by atoms with E-state index in [0.717, 1.165) is 40.3 Å².